The highest BCUT2D eigenvalue weighted by molar-refractivity contribution is 5.63. The van der Waals surface area contributed by atoms with Gasteiger partial charge in [0, 0.05) is 17.8 Å². The number of rotatable bonds is 1. The van der Waals surface area contributed by atoms with Gasteiger partial charge in [0.15, 0.2) is 6.20 Å². The second kappa shape index (κ2) is 4.05. The smallest absolute Gasteiger partial charge is 0.214 e. The van der Waals surface area contributed by atoms with Gasteiger partial charge in [-0.25, -0.2) is 4.57 Å². The molecule has 2 aromatic heterocycles. The zero-order chi connectivity index (χ0) is 11.7. The van der Waals surface area contributed by atoms with Gasteiger partial charge in [0.05, 0.1) is 11.3 Å². The summed E-state index contributed by atoms with van der Waals surface area (Å²) < 4.78 is 2.13. The Morgan fingerprint density at radius 3 is 2.50 bits per heavy atom. The number of aromatic nitrogens is 2. The van der Waals surface area contributed by atoms with Crippen molar-refractivity contribution in [2.24, 2.45) is 7.05 Å². The van der Waals surface area contributed by atoms with Gasteiger partial charge < -0.3 is 0 Å². The molecule has 82 valence electrons. The summed E-state index contributed by atoms with van der Waals surface area (Å²) in [5, 5.41) is 0. The van der Waals surface area contributed by atoms with Crippen LogP contribution in [-0.4, -0.2) is 4.98 Å². The summed E-state index contributed by atoms with van der Waals surface area (Å²) >= 11 is 0. The summed E-state index contributed by atoms with van der Waals surface area (Å²) in [4.78, 5) is 4.54. The van der Waals surface area contributed by atoms with Crippen molar-refractivity contribution in [2.45, 2.75) is 20.8 Å². The predicted octanol–water partition coefficient (Wildman–Crippen LogP) is 2.50. The molecule has 0 N–H and O–H groups in total. The van der Waals surface area contributed by atoms with Gasteiger partial charge in [-0.05, 0) is 38.5 Å². The molecule has 2 heteroatoms. The van der Waals surface area contributed by atoms with E-state index >= 15 is 0 Å². The number of aryl methyl sites for hydroxylation is 4. The first-order valence-electron chi connectivity index (χ1n) is 5.49. The molecular formula is C14H17N2+. The third-order valence-corrected chi connectivity index (χ3v) is 2.84. The highest BCUT2D eigenvalue weighted by atomic mass is 14.9. The molecule has 0 amide bonds. The minimum Gasteiger partial charge on any atom is -0.258 e. The SMILES string of the molecule is Cc1cc(C)c(-c2cccc[n+]2C)c(C)n1. The van der Waals surface area contributed by atoms with Crippen molar-refractivity contribution in [1.82, 2.24) is 4.98 Å². The fourth-order valence-electron chi connectivity index (χ4n) is 2.19. The van der Waals surface area contributed by atoms with Crippen LogP contribution in [-0.2, 0) is 7.05 Å². The molecule has 0 aliphatic rings. The maximum Gasteiger partial charge on any atom is 0.214 e. The molecule has 0 spiro atoms. The van der Waals surface area contributed by atoms with E-state index < -0.39 is 0 Å². The van der Waals surface area contributed by atoms with Crippen LogP contribution in [0.4, 0.5) is 0 Å². The second-order valence-electron chi connectivity index (χ2n) is 4.24. The average Bonchev–Trinajstić information content (AvgIpc) is 2.19. The standard InChI is InChI=1S/C14H17N2/c1-10-9-11(2)15-12(3)14(10)13-7-5-6-8-16(13)4/h5-9H,1-4H3/q+1. The molecule has 2 heterocycles. The van der Waals surface area contributed by atoms with Crippen molar-refractivity contribution in [3.63, 3.8) is 0 Å². The third kappa shape index (κ3) is 1.83. The molecule has 2 rings (SSSR count). The first-order valence-corrected chi connectivity index (χ1v) is 5.49. The van der Waals surface area contributed by atoms with Crippen LogP contribution in [0.5, 0.6) is 0 Å². The molecule has 0 atom stereocenters. The van der Waals surface area contributed by atoms with Gasteiger partial charge in [-0.15, -0.1) is 0 Å². The molecule has 2 aromatic rings. The molecule has 0 aromatic carbocycles. The average molecular weight is 213 g/mol. The molecule has 16 heavy (non-hydrogen) atoms. The van der Waals surface area contributed by atoms with Crippen molar-refractivity contribution in [1.29, 1.82) is 0 Å². The Balaban J connectivity index is 2.70. The molecule has 0 radical (unpaired) electrons. The Kier molecular flexibility index (Phi) is 2.73. The van der Waals surface area contributed by atoms with E-state index in [1.807, 2.05) is 13.0 Å². The van der Waals surface area contributed by atoms with Gasteiger partial charge in [0.2, 0.25) is 5.69 Å². The number of nitrogens with zero attached hydrogens (tertiary/aromatic N) is 2. The lowest BCUT2D eigenvalue weighted by atomic mass is 10.0. The summed E-state index contributed by atoms with van der Waals surface area (Å²) in [6.45, 7) is 6.25. The van der Waals surface area contributed by atoms with Gasteiger partial charge in [-0.3, -0.25) is 4.98 Å². The van der Waals surface area contributed by atoms with Gasteiger partial charge in [0.1, 0.15) is 7.05 Å². The summed E-state index contributed by atoms with van der Waals surface area (Å²) in [5.74, 6) is 0. The van der Waals surface area contributed by atoms with E-state index in [2.05, 4.69) is 54.8 Å². The second-order valence-corrected chi connectivity index (χ2v) is 4.24. The quantitative estimate of drug-likeness (QED) is 0.665. The maximum absolute atomic E-state index is 4.54. The zero-order valence-corrected chi connectivity index (χ0v) is 10.3. The van der Waals surface area contributed by atoms with E-state index in [-0.39, 0.29) is 0 Å². The minimum absolute atomic E-state index is 1.08. The number of pyridine rings is 2. The highest BCUT2D eigenvalue weighted by Gasteiger charge is 2.15. The summed E-state index contributed by atoms with van der Waals surface area (Å²) in [6, 6.07) is 8.37. The van der Waals surface area contributed by atoms with E-state index in [9.17, 15) is 0 Å². The largest absolute Gasteiger partial charge is 0.258 e. The molecule has 0 aliphatic heterocycles. The normalized spacial score (nSPS) is 10.5. The van der Waals surface area contributed by atoms with Crippen molar-refractivity contribution in [3.8, 4) is 11.3 Å². The van der Waals surface area contributed by atoms with Crippen molar-refractivity contribution < 1.29 is 4.57 Å². The Bertz CT molecular complexity index is 507. The van der Waals surface area contributed by atoms with E-state index in [0.29, 0.717) is 0 Å². The van der Waals surface area contributed by atoms with Crippen LogP contribution < -0.4 is 4.57 Å². The molecule has 0 saturated heterocycles. The Labute approximate surface area is 96.6 Å². The Hall–Kier alpha value is -1.70. The van der Waals surface area contributed by atoms with Crippen LogP contribution in [0.25, 0.3) is 11.3 Å². The first kappa shape index (κ1) is 10.8. The number of hydrogen-bond acceptors (Lipinski definition) is 1. The van der Waals surface area contributed by atoms with E-state index in [1.165, 1.54) is 16.8 Å². The summed E-state index contributed by atoms with van der Waals surface area (Å²) in [6.07, 6.45) is 2.06. The van der Waals surface area contributed by atoms with Gasteiger partial charge in [0.25, 0.3) is 0 Å². The maximum atomic E-state index is 4.54. The highest BCUT2D eigenvalue weighted by Crippen LogP contribution is 2.23. The van der Waals surface area contributed by atoms with E-state index in [4.69, 9.17) is 0 Å². The van der Waals surface area contributed by atoms with Gasteiger partial charge in [-0.1, -0.05) is 0 Å². The monoisotopic (exact) mass is 213 g/mol. The molecule has 0 saturated carbocycles. The minimum atomic E-state index is 1.08. The lowest BCUT2D eigenvalue weighted by molar-refractivity contribution is -0.660. The fraction of sp³-hybridized carbons (Fsp3) is 0.286. The van der Waals surface area contributed by atoms with Crippen molar-refractivity contribution in [3.05, 3.63) is 47.4 Å². The predicted molar refractivity (Wildman–Crippen MR) is 65.1 cm³/mol. The molecule has 0 unspecified atom stereocenters. The topological polar surface area (TPSA) is 16.8 Å². The molecular weight excluding hydrogens is 196 g/mol. The van der Waals surface area contributed by atoms with Crippen molar-refractivity contribution >= 4 is 0 Å². The van der Waals surface area contributed by atoms with E-state index in [0.717, 1.165) is 11.4 Å². The third-order valence-electron chi connectivity index (χ3n) is 2.84. The Morgan fingerprint density at radius 2 is 1.88 bits per heavy atom. The molecule has 2 nitrogen and oxygen atoms in total. The van der Waals surface area contributed by atoms with Crippen LogP contribution >= 0.6 is 0 Å². The molecule has 0 aliphatic carbocycles. The van der Waals surface area contributed by atoms with Crippen LogP contribution in [0.3, 0.4) is 0 Å². The lowest BCUT2D eigenvalue weighted by Gasteiger charge is -2.08. The summed E-state index contributed by atoms with van der Waals surface area (Å²) in [5.41, 5.74) is 5.92. The fourth-order valence-corrected chi connectivity index (χ4v) is 2.19. The molecule has 0 bridgehead atoms. The lowest BCUT2D eigenvalue weighted by Crippen LogP contribution is -2.30. The van der Waals surface area contributed by atoms with Crippen LogP contribution in [0.1, 0.15) is 17.0 Å². The van der Waals surface area contributed by atoms with Gasteiger partial charge in [-0.2, -0.15) is 0 Å². The van der Waals surface area contributed by atoms with Crippen LogP contribution in [0, 0.1) is 20.8 Å². The number of hydrogen-bond donors (Lipinski definition) is 0. The summed E-state index contributed by atoms with van der Waals surface area (Å²) in [7, 11) is 2.06. The Morgan fingerprint density at radius 1 is 1.12 bits per heavy atom. The van der Waals surface area contributed by atoms with Crippen molar-refractivity contribution in [2.75, 3.05) is 0 Å². The van der Waals surface area contributed by atoms with Crippen LogP contribution in [0.2, 0.25) is 0 Å². The van der Waals surface area contributed by atoms with Crippen LogP contribution in [0.15, 0.2) is 30.5 Å². The zero-order valence-electron chi connectivity index (χ0n) is 10.3. The molecule has 0 fully saturated rings. The van der Waals surface area contributed by atoms with Gasteiger partial charge >= 0.3 is 0 Å². The van der Waals surface area contributed by atoms with E-state index in [1.54, 1.807) is 0 Å². The first-order chi connectivity index (χ1) is 7.59.